The van der Waals surface area contributed by atoms with E-state index in [-0.39, 0.29) is 11.7 Å². The number of anilines is 1. The van der Waals surface area contributed by atoms with Gasteiger partial charge in [-0.15, -0.1) is 10.2 Å². The Bertz CT molecular complexity index is 644. The Balaban J connectivity index is 1.80. The molecule has 0 atom stereocenters. The molecule has 0 aliphatic heterocycles. The number of carbonyl (C=O) groups is 2. The monoisotopic (exact) mass is 322 g/mol. The summed E-state index contributed by atoms with van der Waals surface area (Å²) in [6.07, 6.45) is 0. The van der Waals surface area contributed by atoms with Crippen LogP contribution in [0.25, 0.3) is 0 Å². The zero-order chi connectivity index (χ0) is 15.2. The molecular weight excluding hydrogens is 308 g/mol. The summed E-state index contributed by atoms with van der Waals surface area (Å²) in [5, 5.41) is 12.4. The molecule has 21 heavy (non-hydrogen) atoms. The Hall–Kier alpha value is -1.93. The molecule has 0 unspecified atom stereocenters. The zero-order valence-corrected chi connectivity index (χ0v) is 13.2. The van der Waals surface area contributed by atoms with Gasteiger partial charge in [0.05, 0.1) is 5.75 Å². The highest BCUT2D eigenvalue weighted by atomic mass is 32.2. The van der Waals surface area contributed by atoms with Gasteiger partial charge in [-0.1, -0.05) is 29.2 Å². The molecule has 2 aromatic rings. The Labute approximate surface area is 130 Å². The predicted octanol–water partition coefficient (Wildman–Crippen LogP) is 2.60. The van der Waals surface area contributed by atoms with Gasteiger partial charge in [-0.05, 0) is 37.1 Å². The molecule has 2 N–H and O–H groups in total. The third-order valence-electron chi connectivity index (χ3n) is 2.68. The van der Waals surface area contributed by atoms with Crippen molar-refractivity contribution in [2.24, 2.45) is 0 Å². The Morgan fingerprint density at radius 2 is 2.10 bits per heavy atom. The topological polar surface area (TPSA) is 84.0 Å². The Morgan fingerprint density at radius 1 is 1.29 bits per heavy atom. The van der Waals surface area contributed by atoms with Crippen molar-refractivity contribution in [2.45, 2.75) is 18.2 Å². The molecule has 0 saturated carbocycles. The third-order valence-corrected chi connectivity index (χ3v) is 4.54. The van der Waals surface area contributed by atoms with Crippen molar-refractivity contribution in [3.63, 3.8) is 0 Å². The molecule has 3 amide bonds. The summed E-state index contributed by atoms with van der Waals surface area (Å²) in [6, 6.07) is 5.02. The van der Waals surface area contributed by atoms with Gasteiger partial charge in [-0.3, -0.25) is 10.1 Å². The molecular formula is C13H14N4O2S2. The van der Waals surface area contributed by atoms with E-state index in [2.05, 4.69) is 20.8 Å². The van der Waals surface area contributed by atoms with Gasteiger partial charge in [0.15, 0.2) is 4.34 Å². The fraction of sp³-hybridized carbons (Fsp3) is 0.231. The number of urea groups is 1. The average Bonchev–Trinajstić information content (AvgIpc) is 2.94. The summed E-state index contributed by atoms with van der Waals surface area (Å²) in [7, 11) is 0. The third kappa shape index (κ3) is 4.83. The first-order valence-corrected chi connectivity index (χ1v) is 7.98. The molecule has 0 fully saturated rings. The van der Waals surface area contributed by atoms with Gasteiger partial charge >= 0.3 is 6.03 Å². The number of nitrogens with one attached hydrogen (secondary N) is 2. The quantitative estimate of drug-likeness (QED) is 0.845. The smallest absolute Gasteiger partial charge is 0.308 e. The molecule has 0 radical (unpaired) electrons. The fourth-order valence-corrected chi connectivity index (χ4v) is 2.79. The van der Waals surface area contributed by atoms with E-state index in [1.54, 1.807) is 11.6 Å². The molecule has 0 aliphatic rings. The molecule has 1 aromatic heterocycles. The maximum atomic E-state index is 11.7. The largest absolute Gasteiger partial charge is 0.325 e. The number of nitrogens with zero attached hydrogens (tertiary/aromatic N) is 2. The minimum Gasteiger partial charge on any atom is -0.308 e. The van der Waals surface area contributed by atoms with Crippen LogP contribution in [0.2, 0.25) is 0 Å². The van der Waals surface area contributed by atoms with Crippen molar-refractivity contribution in [1.82, 2.24) is 15.5 Å². The van der Waals surface area contributed by atoms with Crippen LogP contribution in [0.4, 0.5) is 10.5 Å². The molecule has 0 spiro atoms. The van der Waals surface area contributed by atoms with Crippen LogP contribution in [0, 0.1) is 13.8 Å². The predicted molar refractivity (Wildman–Crippen MR) is 83.7 cm³/mol. The van der Waals surface area contributed by atoms with Crippen LogP contribution in [0.15, 0.2) is 28.0 Å². The van der Waals surface area contributed by atoms with E-state index in [1.165, 1.54) is 23.1 Å². The highest BCUT2D eigenvalue weighted by molar-refractivity contribution is 8.01. The Kier molecular flexibility index (Phi) is 5.29. The molecule has 8 heteroatoms. The summed E-state index contributed by atoms with van der Waals surface area (Å²) in [5.74, 6) is -0.258. The standard InChI is InChI=1S/C13H14N4O2S2/c1-8-3-4-10(5-9(8)2)15-12(19)16-11(18)6-20-13-17-14-7-21-13/h3-5,7H,6H2,1-2H3,(H2,15,16,18,19). The van der Waals surface area contributed by atoms with Gasteiger partial charge in [0, 0.05) is 5.69 Å². The van der Waals surface area contributed by atoms with E-state index in [0.717, 1.165) is 11.1 Å². The SMILES string of the molecule is Cc1ccc(NC(=O)NC(=O)CSc2nncs2)cc1C. The van der Waals surface area contributed by atoms with Crippen molar-refractivity contribution >= 4 is 40.7 Å². The fourth-order valence-electron chi connectivity index (χ4n) is 1.50. The van der Waals surface area contributed by atoms with Gasteiger partial charge in [-0.2, -0.15) is 0 Å². The maximum Gasteiger partial charge on any atom is 0.325 e. The molecule has 1 aromatic carbocycles. The molecule has 1 heterocycles. The van der Waals surface area contributed by atoms with Gasteiger partial charge in [0.25, 0.3) is 0 Å². The van der Waals surface area contributed by atoms with E-state index in [4.69, 9.17) is 0 Å². The van der Waals surface area contributed by atoms with Crippen molar-refractivity contribution in [2.75, 3.05) is 11.1 Å². The summed E-state index contributed by atoms with van der Waals surface area (Å²) < 4.78 is 0.694. The number of imide groups is 1. The van der Waals surface area contributed by atoms with E-state index >= 15 is 0 Å². The number of aryl methyl sites for hydroxylation is 2. The molecule has 2 rings (SSSR count). The minimum absolute atomic E-state index is 0.121. The average molecular weight is 322 g/mol. The summed E-state index contributed by atoms with van der Waals surface area (Å²) in [5.41, 5.74) is 4.46. The number of aromatic nitrogens is 2. The van der Waals surface area contributed by atoms with Crippen molar-refractivity contribution < 1.29 is 9.59 Å². The second kappa shape index (κ2) is 7.19. The van der Waals surface area contributed by atoms with Crippen molar-refractivity contribution in [3.8, 4) is 0 Å². The van der Waals surface area contributed by atoms with Gasteiger partial charge in [0.2, 0.25) is 5.91 Å². The van der Waals surface area contributed by atoms with Gasteiger partial charge in [0.1, 0.15) is 5.51 Å². The molecule has 0 bridgehead atoms. The van der Waals surface area contributed by atoms with E-state index in [1.807, 2.05) is 26.0 Å². The van der Waals surface area contributed by atoms with Crippen molar-refractivity contribution in [3.05, 3.63) is 34.8 Å². The van der Waals surface area contributed by atoms with E-state index in [9.17, 15) is 9.59 Å². The normalized spacial score (nSPS) is 10.2. The number of rotatable bonds is 4. The van der Waals surface area contributed by atoms with Crippen LogP contribution in [-0.4, -0.2) is 27.9 Å². The summed E-state index contributed by atoms with van der Waals surface area (Å²) >= 11 is 2.59. The van der Waals surface area contributed by atoms with E-state index in [0.29, 0.717) is 10.0 Å². The summed E-state index contributed by atoms with van der Waals surface area (Å²) in [4.78, 5) is 23.3. The molecule has 0 saturated heterocycles. The number of carbonyl (C=O) groups excluding carboxylic acids is 2. The lowest BCUT2D eigenvalue weighted by atomic mass is 10.1. The first kappa shape index (κ1) is 15.5. The first-order valence-electron chi connectivity index (χ1n) is 6.11. The molecule has 110 valence electrons. The number of thioether (sulfide) groups is 1. The van der Waals surface area contributed by atoms with Crippen molar-refractivity contribution in [1.29, 1.82) is 0 Å². The van der Waals surface area contributed by atoms with Crippen LogP contribution >= 0.6 is 23.1 Å². The lowest BCUT2D eigenvalue weighted by Crippen LogP contribution is -2.35. The number of hydrogen-bond donors (Lipinski definition) is 2. The van der Waals surface area contributed by atoms with Gasteiger partial charge in [-0.25, -0.2) is 4.79 Å². The van der Waals surface area contributed by atoms with Crippen LogP contribution < -0.4 is 10.6 Å². The lowest BCUT2D eigenvalue weighted by molar-refractivity contribution is -0.117. The second-order valence-corrected chi connectivity index (χ2v) is 6.35. The van der Waals surface area contributed by atoms with Crippen LogP contribution in [-0.2, 0) is 4.79 Å². The minimum atomic E-state index is -0.541. The molecule has 6 nitrogen and oxygen atoms in total. The zero-order valence-electron chi connectivity index (χ0n) is 11.5. The lowest BCUT2D eigenvalue weighted by Gasteiger charge is -2.08. The number of amides is 3. The molecule has 0 aliphatic carbocycles. The van der Waals surface area contributed by atoms with Crippen LogP contribution in [0.5, 0.6) is 0 Å². The van der Waals surface area contributed by atoms with Crippen LogP contribution in [0.1, 0.15) is 11.1 Å². The highest BCUT2D eigenvalue weighted by Gasteiger charge is 2.10. The van der Waals surface area contributed by atoms with E-state index < -0.39 is 6.03 Å². The number of hydrogen-bond acceptors (Lipinski definition) is 6. The summed E-state index contributed by atoms with van der Waals surface area (Å²) in [6.45, 7) is 3.95. The first-order chi connectivity index (χ1) is 10.0. The Morgan fingerprint density at radius 3 is 2.76 bits per heavy atom. The second-order valence-electron chi connectivity index (χ2n) is 4.29. The van der Waals surface area contributed by atoms with Gasteiger partial charge < -0.3 is 5.32 Å². The van der Waals surface area contributed by atoms with Crippen LogP contribution in [0.3, 0.4) is 0 Å². The number of benzene rings is 1. The maximum absolute atomic E-state index is 11.7. The highest BCUT2D eigenvalue weighted by Crippen LogP contribution is 2.18.